The lowest BCUT2D eigenvalue weighted by Gasteiger charge is -2.38. The van der Waals surface area contributed by atoms with E-state index in [1.54, 1.807) is 13.0 Å². The lowest BCUT2D eigenvalue weighted by atomic mass is 10.0. The van der Waals surface area contributed by atoms with E-state index in [0.717, 1.165) is 0 Å². The molecule has 6 heteroatoms. The fourth-order valence-electron chi connectivity index (χ4n) is 1.97. The average Bonchev–Trinajstić information content (AvgIpc) is 2.30. The molecule has 1 aliphatic heterocycles. The van der Waals surface area contributed by atoms with Crippen molar-refractivity contribution >= 4 is 11.9 Å². The summed E-state index contributed by atoms with van der Waals surface area (Å²) >= 11 is 0. The third kappa shape index (κ3) is 5.00. The van der Waals surface area contributed by atoms with Crippen LogP contribution in [0.1, 0.15) is 27.2 Å². The molecular weight excluding hydrogens is 252 g/mol. The van der Waals surface area contributed by atoms with Gasteiger partial charge in [-0.05, 0) is 6.92 Å². The van der Waals surface area contributed by atoms with Crippen LogP contribution in [0.2, 0.25) is 0 Å². The summed E-state index contributed by atoms with van der Waals surface area (Å²) in [7, 11) is 0. The highest BCUT2D eigenvalue weighted by molar-refractivity contribution is 5.67. The molecule has 0 aromatic heterocycles. The predicted molar refractivity (Wildman–Crippen MR) is 66.2 cm³/mol. The Bertz CT molecular complexity index is 340. The summed E-state index contributed by atoms with van der Waals surface area (Å²) in [6.45, 7) is 8.24. The van der Waals surface area contributed by atoms with Crippen LogP contribution in [0.3, 0.4) is 0 Å². The topological polar surface area (TPSA) is 71.1 Å². The van der Waals surface area contributed by atoms with Crippen LogP contribution in [0, 0.1) is 0 Å². The van der Waals surface area contributed by atoms with Crippen molar-refractivity contribution in [2.45, 2.75) is 51.8 Å². The number of rotatable bonds is 5. The second kappa shape index (κ2) is 7.25. The van der Waals surface area contributed by atoms with E-state index >= 15 is 0 Å². The maximum absolute atomic E-state index is 11.1. The van der Waals surface area contributed by atoms with Crippen molar-refractivity contribution in [2.24, 2.45) is 0 Å². The molecule has 1 saturated heterocycles. The highest BCUT2D eigenvalue weighted by atomic mass is 16.7. The molecule has 1 rings (SSSR count). The van der Waals surface area contributed by atoms with E-state index in [9.17, 15) is 9.59 Å². The molecule has 0 radical (unpaired) electrons. The first kappa shape index (κ1) is 15.7. The minimum atomic E-state index is -0.620. The van der Waals surface area contributed by atoms with E-state index in [4.69, 9.17) is 18.9 Å². The number of carbonyl (C=O) groups is 2. The quantitative estimate of drug-likeness (QED) is 0.553. The van der Waals surface area contributed by atoms with Crippen LogP contribution in [0.4, 0.5) is 0 Å². The summed E-state index contributed by atoms with van der Waals surface area (Å²) in [5, 5.41) is 0. The Morgan fingerprint density at radius 2 is 1.95 bits per heavy atom. The van der Waals surface area contributed by atoms with Gasteiger partial charge in [-0.25, -0.2) is 0 Å². The summed E-state index contributed by atoms with van der Waals surface area (Å²) in [5.74, 6) is -0.873. The Morgan fingerprint density at radius 3 is 2.47 bits per heavy atom. The van der Waals surface area contributed by atoms with Gasteiger partial charge >= 0.3 is 11.9 Å². The third-order valence-electron chi connectivity index (χ3n) is 2.64. The maximum atomic E-state index is 11.1. The molecule has 6 nitrogen and oxygen atoms in total. The second-order valence-corrected chi connectivity index (χ2v) is 4.35. The monoisotopic (exact) mass is 272 g/mol. The molecule has 0 aromatic rings. The molecule has 1 fully saturated rings. The van der Waals surface area contributed by atoms with E-state index in [2.05, 4.69) is 6.58 Å². The Balaban J connectivity index is 2.71. The van der Waals surface area contributed by atoms with Crippen LogP contribution in [-0.2, 0) is 28.5 Å². The molecule has 0 aromatic carbocycles. The van der Waals surface area contributed by atoms with Crippen molar-refractivity contribution in [3.63, 3.8) is 0 Å². The van der Waals surface area contributed by atoms with Crippen LogP contribution < -0.4 is 0 Å². The van der Waals surface area contributed by atoms with E-state index in [1.165, 1.54) is 13.8 Å². The number of ether oxygens (including phenoxy) is 4. The summed E-state index contributed by atoms with van der Waals surface area (Å²) in [5.41, 5.74) is 0. The van der Waals surface area contributed by atoms with Crippen LogP contribution in [0.25, 0.3) is 0 Å². The summed E-state index contributed by atoms with van der Waals surface area (Å²) in [4.78, 5) is 22.2. The van der Waals surface area contributed by atoms with Gasteiger partial charge in [-0.15, -0.1) is 6.58 Å². The van der Waals surface area contributed by atoms with E-state index in [-0.39, 0.29) is 0 Å². The van der Waals surface area contributed by atoms with Gasteiger partial charge in [0.2, 0.25) is 0 Å². The smallest absolute Gasteiger partial charge is 0.303 e. The molecule has 0 bridgehead atoms. The van der Waals surface area contributed by atoms with Gasteiger partial charge in [-0.2, -0.15) is 0 Å². The van der Waals surface area contributed by atoms with Crippen molar-refractivity contribution in [3.8, 4) is 0 Å². The molecule has 0 unspecified atom stereocenters. The first-order valence-electron chi connectivity index (χ1n) is 6.16. The van der Waals surface area contributed by atoms with Gasteiger partial charge in [0.1, 0.15) is 6.10 Å². The SMILES string of the molecule is C=CCO[C@@H]1C[C@H](OC(C)=O)[C@@H](OC(C)=O)[C@H](C)O1. The summed E-state index contributed by atoms with van der Waals surface area (Å²) < 4.78 is 21.3. The zero-order valence-electron chi connectivity index (χ0n) is 11.5. The van der Waals surface area contributed by atoms with Crippen molar-refractivity contribution in [3.05, 3.63) is 12.7 Å². The fourth-order valence-corrected chi connectivity index (χ4v) is 1.97. The summed E-state index contributed by atoms with van der Waals surface area (Å²) in [6, 6.07) is 0. The molecule has 19 heavy (non-hydrogen) atoms. The predicted octanol–water partition coefficient (Wildman–Crippen LogP) is 1.19. The molecule has 1 heterocycles. The molecule has 0 N–H and O–H groups in total. The van der Waals surface area contributed by atoms with E-state index in [0.29, 0.717) is 13.0 Å². The van der Waals surface area contributed by atoms with Crippen molar-refractivity contribution < 1.29 is 28.5 Å². The number of hydrogen-bond donors (Lipinski definition) is 0. The Kier molecular flexibility index (Phi) is 5.98. The van der Waals surface area contributed by atoms with Crippen LogP contribution >= 0.6 is 0 Å². The van der Waals surface area contributed by atoms with E-state index in [1.807, 2.05) is 0 Å². The molecule has 0 spiro atoms. The molecule has 0 amide bonds. The van der Waals surface area contributed by atoms with Gasteiger partial charge < -0.3 is 18.9 Å². The summed E-state index contributed by atoms with van der Waals surface area (Å²) in [6.07, 6.45) is -0.200. The minimum absolute atomic E-state index is 0.315. The molecular formula is C13H20O6. The highest BCUT2D eigenvalue weighted by Crippen LogP contribution is 2.26. The molecule has 0 aliphatic carbocycles. The zero-order valence-corrected chi connectivity index (χ0v) is 11.5. The van der Waals surface area contributed by atoms with E-state index < -0.39 is 36.5 Å². The second-order valence-electron chi connectivity index (χ2n) is 4.35. The molecule has 4 atom stereocenters. The first-order valence-corrected chi connectivity index (χ1v) is 6.16. The normalized spacial score (nSPS) is 30.5. The van der Waals surface area contributed by atoms with Crippen molar-refractivity contribution in [2.75, 3.05) is 6.61 Å². The lowest BCUT2D eigenvalue weighted by Crippen LogP contribution is -2.51. The number of hydrogen-bond acceptors (Lipinski definition) is 6. The van der Waals surface area contributed by atoms with Crippen LogP contribution in [0.5, 0.6) is 0 Å². The number of esters is 2. The lowest BCUT2D eigenvalue weighted by molar-refractivity contribution is -0.252. The molecule has 1 aliphatic rings. The first-order chi connectivity index (χ1) is 8.93. The van der Waals surface area contributed by atoms with Crippen molar-refractivity contribution in [1.29, 1.82) is 0 Å². The fraction of sp³-hybridized carbons (Fsp3) is 0.692. The third-order valence-corrected chi connectivity index (χ3v) is 2.64. The van der Waals surface area contributed by atoms with Crippen molar-refractivity contribution in [1.82, 2.24) is 0 Å². The minimum Gasteiger partial charge on any atom is -0.458 e. The Labute approximate surface area is 112 Å². The molecule has 108 valence electrons. The van der Waals surface area contributed by atoms with Gasteiger partial charge in [0.25, 0.3) is 0 Å². The largest absolute Gasteiger partial charge is 0.458 e. The van der Waals surface area contributed by atoms with Gasteiger partial charge in [0.15, 0.2) is 12.4 Å². The van der Waals surface area contributed by atoms with Crippen LogP contribution in [-0.4, -0.2) is 43.1 Å². The Hall–Kier alpha value is -1.40. The molecule has 0 saturated carbocycles. The maximum Gasteiger partial charge on any atom is 0.303 e. The van der Waals surface area contributed by atoms with Crippen LogP contribution in [0.15, 0.2) is 12.7 Å². The van der Waals surface area contributed by atoms with Gasteiger partial charge in [0.05, 0.1) is 12.7 Å². The van der Waals surface area contributed by atoms with Gasteiger partial charge in [-0.3, -0.25) is 9.59 Å². The van der Waals surface area contributed by atoms with Gasteiger partial charge in [0, 0.05) is 20.3 Å². The van der Waals surface area contributed by atoms with Gasteiger partial charge in [-0.1, -0.05) is 6.08 Å². The Morgan fingerprint density at radius 1 is 1.32 bits per heavy atom. The average molecular weight is 272 g/mol. The number of carbonyl (C=O) groups excluding carboxylic acids is 2. The zero-order chi connectivity index (χ0) is 14.4. The highest BCUT2D eigenvalue weighted by Gasteiger charge is 2.41. The standard InChI is InChI=1S/C13H20O6/c1-5-6-16-12-7-11(18-9(3)14)13(8(2)17-12)19-10(4)15/h5,8,11-13H,1,6-7H2,2-4H3/t8-,11-,12-,13-/m0/s1.